The van der Waals surface area contributed by atoms with Gasteiger partial charge in [0.1, 0.15) is 11.6 Å². The molecule has 3 nitrogen and oxygen atoms in total. The van der Waals surface area contributed by atoms with Crippen LogP contribution in [0.25, 0.3) is 10.9 Å². The van der Waals surface area contributed by atoms with E-state index in [0.29, 0.717) is 17.3 Å². The standard InChI is InChI=1S/C20H17BrF3N3/c1-11(13-3-2-4-14(9-13)20(22,23)24)25-19-16-10-15(21)7-8-17(16)26-18(27-19)12-5-6-12/h2-4,7-12H,5-6H2,1H3,(H,25,26,27)/t11-/m1/s1. The van der Waals surface area contributed by atoms with Crippen molar-refractivity contribution in [3.05, 3.63) is 63.9 Å². The third kappa shape index (κ3) is 3.93. The number of halogens is 4. The van der Waals surface area contributed by atoms with Crippen molar-refractivity contribution in [1.29, 1.82) is 0 Å². The van der Waals surface area contributed by atoms with E-state index in [2.05, 4.69) is 31.2 Å². The molecule has 3 aromatic rings. The predicted molar refractivity (Wildman–Crippen MR) is 103 cm³/mol. The first-order chi connectivity index (χ1) is 12.8. The van der Waals surface area contributed by atoms with Gasteiger partial charge in [-0.3, -0.25) is 0 Å². The van der Waals surface area contributed by atoms with Gasteiger partial charge in [0, 0.05) is 21.8 Å². The summed E-state index contributed by atoms with van der Waals surface area (Å²) in [4.78, 5) is 9.32. The van der Waals surface area contributed by atoms with Crippen LogP contribution in [0.4, 0.5) is 19.0 Å². The second kappa shape index (κ2) is 6.78. The smallest absolute Gasteiger partial charge is 0.363 e. The molecule has 2 aromatic carbocycles. The summed E-state index contributed by atoms with van der Waals surface area (Å²) in [7, 11) is 0. The van der Waals surface area contributed by atoms with Crippen molar-refractivity contribution < 1.29 is 13.2 Å². The molecular weight excluding hydrogens is 419 g/mol. The van der Waals surface area contributed by atoms with Crippen LogP contribution >= 0.6 is 15.9 Å². The van der Waals surface area contributed by atoms with Crippen molar-refractivity contribution in [2.45, 2.75) is 37.9 Å². The van der Waals surface area contributed by atoms with Crippen molar-refractivity contribution in [3.8, 4) is 0 Å². The maximum atomic E-state index is 13.0. The maximum Gasteiger partial charge on any atom is 0.416 e. The number of nitrogens with zero attached hydrogens (tertiary/aromatic N) is 2. The first kappa shape index (κ1) is 18.2. The summed E-state index contributed by atoms with van der Waals surface area (Å²) in [6.07, 6.45) is -2.21. The van der Waals surface area contributed by atoms with Crippen LogP contribution in [0.1, 0.15) is 48.7 Å². The van der Waals surface area contributed by atoms with E-state index >= 15 is 0 Å². The first-order valence-electron chi connectivity index (χ1n) is 8.72. The van der Waals surface area contributed by atoms with Gasteiger partial charge in [-0.2, -0.15) is 13.2 Å². The van der Waals surface area contributed by atoms with Crippen LogP contribution in [0.3, 0.4) is 0 Å². The molecule has 1 N–H and O–H groups in total. The molecule has 140 valence electrons. The lowest BCUT2D eigenvalue weighted by Crippen LogP contribution is -2.12. The molecular formula is C20H17BrF3N3. The van der Waals surface area contributed by atoms with Crippen molar-refractivity contribution >= 4 is 32.7 Å². The lowest BCUT2D eigenvalue weighted by atomic mass is 10.0. The summed E-state index contributed by atoms with van der Waals surface area (Å²) in [5.74, 6) is 1.82. The molecule has 1 aliphatic rings. The van der Waals surface area contributed by atoms with Crippen LogP contribution in [0.2, 0.25) is 0 Å². The largest absolute Gasteiger partial charge is 0.416 e. The van der Waals surface area contributed by atoms with Crippen LogP contribution < -0.4 is 5.32 Å². The summed E-state index contributed by atoms with van der Waals surface area (Å²) in [5.41, 5.74) is 0.732. The minimum atomic E-state index is -4.36. The molecule has 1 aliphatic carbocycles. The van der Waals surface area contributed by atoms with E-state index in [1.165, 1.54) is 12.1 Å². The van der Waals surface area contributed by atoms with Crippen LogP contribution in [0, 0.1) is 0 Å². The zero-order chi connectivity index (χ0) is 19.2. The summed E-state index contributed by atoms with van der Waals surface area (Å²) in [5, 5.41) is 4.13. The third-order valence-electron chi connectivity index (χ3n) is 4.68. The highest BCUT2D eigenvalue weighted by atomic mass is 79.9. The number of aromatic nitrogens is 2. The fourth-order valence-corrected chi connectivity index (χ4v) is 3.39. The highest BCUT2D eigenvalue weighted by Gasteiger charge is 2.31. The molecule has 27 heavy (non-hydrogen) atoms. The molecule has 0 radical (unpaired) electrons. The van der Waals surface area contributed by atoms with E-state index in [-0.39, 0.29) is 6.04 Å². The van der Waals surface area contributed by atoms with Gasteiger partial charge in [-0.1, -0.05) is 28.1 Å². The minimum Gasteiger partial charge on any atom is -0.363 e. The Morgan fingerprint density at radius 3 is 2.59 bits per heavy atom. The van der Waals surface area contributed by atoms with E-state index < -0.39 is 11.7 Å². The van der Waals surface area contributed by atoms with E-state index in [4.69, 9.17) is 0 Å². The number of hydrogen-bond acceptors (Lipinski definition) is 3. The number of hydrogen-bond donors (Lipinski definition) is 1. The Hall–Kier alpha value is -2.15. The zero-order valence-electron chi connectivity index (χ0n) is 14.5. The molecule has 0 saturated heterocycles. The fraction of sp³-hybridized carbons (Fsp3) is 0.300. The molecule has 0 bridgehead atoms. The molecule has 0 unspecified atom stereocenters. The normalized spacial score (nSPS) is 15.7. The summed E-state index contributed by atoms with van der Waals surface area (Å²) < 4.78 is 39.9. The number of alkyl halides is 3. The molecule has 0 spiro atoms. The SMILES string of the molecule is C[C@@H](Nc1nc(C2CC2)nc2ccc(Br)cc12)c1cccc(C(F)(F)F)c1. The molecule has 0 aliphatic heterocycles. The van der Waals surface area contributed by atoms with Gasteiger partial charge in [0.05, 0.1) is 11.1 Å². The monoisotopic (exact) mass is 435 g/mol. The predicted octanol–water partition coefficient (Wildman–Crippen LogP) is 6.46. The number of fused-ring (bicyclic) bond motifs is 1. The minimum absolute atomic E-state index is 0.337. The van der Waals surface area contributed by atoms with Gasteiger partial charge in [0.2, 0.25) is 0 Å². The molecule has 7 heteroatoms. The fourth-order valence-electron chi connectivity index (χ4n) is 3.03. The zero-order valence-corrected chi connectivity index (χ0v) is 16.1. The Kier molecular flexibility index (Phi) is 4.58. The van der Waals surface area contributed by atoms with Gasteiger partial charge in [0.15, 0.2) is 0 Å². The van der Waals surface area contributed by atoms with E-state index in [1.807, 2.05) is 25.1 Å². The van der Waals surface area contributed by atoms with Crippen molar-refractivity contribution in [2.75, 3.05) is 5.32 Å². The van der Waals surface area contributed by atoms with Gasteiger partial charge in [-0.25, -0.2) is 9.97 Å². The third-order valence-corrected chi connectivity index (χ3v) is 5.18. The van der Waals surface area contributed by atoms with Crippen LogP contribution in [0.15, 0.2) is 46.9 Å². The molecule has 1 saturated carbocycles. The van der Waals surface area contributed by atoms with Gasteiger partial charge < -0.3 is 5.32 Å². The quantitative estimate of drug-likeness (QED) is 0.510. The molecule has 0 amide bonds. The van der Waals surface area contributed by atoms with Gasteiger partial charge in [-0.15, -0.1) is 0 Å². The number of benzene rings is 2. The second-order valence-electron chi connectivity index (χ2n) is 6.86. The van der Waals surface area contributed by atoms with Crippen molar-refractivity contribution in [3.63, 3.8) is 0 Å². The van der Waals surface area contributed by atoms with Crippen molar-refractivity contribution in [2.24, 2.45) is 0 Å². The van der Waals surface area contributed by atoms with Crippen LogP contribution in [0.5, 0.6) is 0 Å². The molecule has 1 aromatic heterocycles. The maximum absolute atomic E-state index is 13.0. The van der Waals surface area contributed by atoms with Gasteiger partial charge >= 0.3 is 6.18 Å². The molecule has 1 heterocycles. The molecule has 1 atom stereocenters. The summed E-state index contributed by atoms with van der Waals surface area (Å²) in [6.45, 7) is 1.83. The molecule has 1 fully saturated rings. The number of anilines is 1. The number of nitrogens with one attached hydrogen (secondary N) is 1. The summed E-state index contributed by atoms with van der Waals surface area (Å²) in [6, 6.07) is 10.8. The van der Waals surface area contributed by atoms with Gasteiger partial charge in [0.25, 0.3) is 0 Å². The van der Waals surface area contributed by atoms with Crippen LogP contribution in [-0.4, -0.2) is 9.97 Å². The van der Waals surface area contributed by atoms with Crippen molar-refractivity contribution in [1.82, 2.24) is 9.97 Å². The average Bonchev–Trinajstić information content (AvgIpc) is 3.46. The lowest BCUT2D eigenvalue weighted by Gasteiger charge is -2.18. The lowest BCUT2D eigenvalue weighted by molar-refractivity contribution is -0.137. The topological polar surface area (TPSA) is 37.8 Å². The van der Waals surface area contributed by atoms with E-state index in [0.717, 1.165) is 40.1 Å². The highest BCUT2D eigenvalue weighted by Crippen LogP contribution is 2.40. The Balaban J connectivity index is 1.71. The second-order valence-corrected chi connectivity index (χ2v) is 7.77. The van der Waals surface area contributed by atoms with E-state index in [9.17, 15) is 13.2 Å². The Morgan fingerprint density at radius 2 is 1.89 bits per heavy atom. The highest BCUT2D eigenvalue weighted by molar-refractivity contribution is 9.10. The Labute approximate surface area is 163 Å². The molecule has 4 rings (SSSR count). The van der Waals surface area contributed by atoms with Crippen LogP contribution in [-0.2, 0) is 6.18 Å². The van der Waals surface area contributed by atoms with Gasteiger partial charge in [-0.05, 0) is 55.7 Å². The average molecular weight is 436 g/mol. The Morgan fingerprint density at radius 1 is 1.11 bits per heavy atom. The summed E-state index contributed by atoms with van der Waals surface area (Å²) >= 11 is 3.46. The first-order valence-corrected chi connectivity index (χ1v) is 9.51. The number of rotatable bonds is 4. The van der Waals surface area contributed by atoms with E-state index in [1.54, 1.807) is 6.07 Å². The Bertz CT molecular complexity index is 999.